The molecule has 252 valence electrons. The number of halogens is 2. The summed E-state index contributed by atoms with van der Waals surface area (Å²) in [4.78, 5) is 41.1. The number of likely N-dealkylation sites (tertiary alicyclic amines) is 1. The molecule has 0 aromatic heterocycles. The highest BCUT2D eigenvalue weighted by Crippen LogP contribution is 2.36. The molecule has 17 heteroatoms. The number of methoxy groups -OCH3 is 3. The fraction of sp³-hybridized carbons (Fsp3) is 0.300. The molecule has 3 aromatic carbocycles. The van der Waals surface area contributed by atoms with E-state index in [9.17, 15) is 31.2 Å². The van der Waals surface area contributed by atoms with Gasteiger partial charge >= 0.3 is 5.97 Å². The van der Waals surface area contributed by atoms with Crippen LogP contribution in [0.25, 0.3) is 0 Å². The first-order valence-electron chi connectivity index (χ1n) is 13.7. The van der Waals surface area contributed by atoms with Gasteiger partial charge in [0.25, 0.3) is 20.1 Å². The molecule has 0 saturated carbocycles. The SMILES string of the molecule is COC(=O)[C@@H]1C[C@@H](OS(C)(=O)=O)CN1C(=O)CN(c1ccc(Cl)cc1C(=O)c1ccccc1Cl)S(=O)(=O)c1ccc(OC)c(OC)c1. The van der Waals surface area contributed by atoms with E-state index in [4.69, 9.17) is 41.6 Å². The van der Waals surface area contributed by atoms with Gasteiger partial charge in [-0.1, -0.05) is 35.3 Å². The van der Waals surface area contributed by atoms with Crippen molar-refractivity contribution in [1.82, 2.24) is 4.90 Å². The van der Waals surface area contributed by atoms with E-state index in [2.05, 4.69) is 0 Å². The largest absolute Gasteiger partial charge is 0.493 e. The lowest BCUT2D eigenvalue weighted by atomic mass is 10.0. The number of anilines is 1. The van der Waals surface area contributed by atoms with Gasteiger partial charge < -0.3 is 19.1 Å². The first kappa shape index (κ1) is 36.0. The Balaban J connectivity index is 1.88. The monoisotopic (exact) mass is 728 g/mol. The summed E-state index contributed by atoms with van der Waals surface area (Å²) in [5.74, 6) is -2.19. The van der Waals surface area contributed by atoms with E-state index in [1.54, 1.807) is 12.1 Å². The van der Waals surface area contributed by atoms with Gasteiger partial charge in [0, 0.05) is 35.2 Å². The molecule has 0 radical (unpaired) electrons. The Bertz CT molecular complexity index is 1920. The normalized spacial score (nSPS) is 16.4. The molecule has 0 spiro atoms. The van der Waals surface area contributed by atoms with Gasteiger partial charge in [-0.05, 0) is 42.5 Å². The molecule has 1 aliphatic heterocycles. The topological polar surface area (TPSA) is 163 Å². The minimum atomic E-state index is -4.70. The highest BCUT2D eigenvalue weighted by molar-refractivity contribution is 7.92. The quantitative estimate of drug-likeness (QED) is 0.152. The van der Waals surface area contributed by atoms with E-state index in [1.165, 1.54) is 62.8 Å². The zero-order chi connectivity index (χ0) is 34.7. The standard InChI is InChI=1S/C30H30Cl2N2O11S2/c1-42-26-12-10-20(15-27(26)43-2)47(40,41)34(17-28(35)33-16-19(45-46(4,38)39)14-25(33)30(37)44-3)24-11-9-18(31)13-22(24)29(36)21-7-5-6-8-23(21)32/h5-13,15,19,25H,14,16-17H2,1-4H3/t19-,25+/m1/s1. The third-order valence-electron chi connectivity index (χ3n) is 7.18. The smallest absolute Gasteiger partial charge is 0.328 e. The molecule has 47 heavy (non-hydrogen) atoms. The Hall–Kier alpha value is -3.89. The molecular weight excluding hydrogens is 699 g/mol. The highest BCUT2D eigenvalue weighted by atomic mass is 35.5. The van der Waals surface area contributed by atoms with Crippen LogP contribution in [0, 0.1) is 0 Å². The van der Waals surface area contributed by atoms with E-state index >= 15 is 0 Å². The Kier molecular flexibility index (Phi) is 11.1. The number of ether oxygens (including phenoxy) is 3. The molecule has 1 saturated heterocycles. The first-order chi connectivity index (χ1) is 22.1. The highest BCUT2D eigenvalue weighted by Gasteiger charge is 2.43. The van der Waals surface area contributed by atoms with E-state index in [0.29, 0.717) is 4.31 Å². The lowest BCUT2D eigenvalue weighted by Gasteiger charge is -2.30. The van der Waals surface area contributed by atoms with Gasteiger partial charge in [-0.25, -0.2) is 13.2 Å². The number of carbonyl (C=O) groups is 3. The van der Waals surface area contributed by atoms with Gasteiger partial charge in [0.1, 0.15) is 12.6 Å². The van der Waals surface area contributed by atoms with Crippen molar-refractivity contribution in [2.24, 2.45) is 0 Å². The predicted octanol–water partition coefficient (Wildman–Crippen LogP) is 3.56. The van der Waals surface area contributed by atoms with Crippen LogP contribution >= 0.6 is 23.2 Å². The number of benzene rings is 3. The summed E-state index contributed by atoms with van der Waals surface area (Å²) in [6.07, 6.45) is -0.521. The van der Waals surface area contributed by atoms with Crippen molar-refractivity contribution >= 4 is 66.7 Å². The molecule has 0 aliphatic carbocycles. The molecule has 0 bridgehead atoms. The van der Waals surface area contributed by atoms with Crippen LogP contribution in [-0.4, -0.2) is 92.2 Å². The van der Waals surface area contributed by atoms with Crippen molar-refractivity contribution in [2.75, 3.05) is 45.0 Å². The lowest BCUT2D eigenvalue weighted by molar-refractivity contribution is -0.150. The second-order valence-electron chi connectivity index (χ2n) is 10.2. The molecule has 1 amide bonds. The molecular formula is C30H30Cl2N2O11S2. The third kappa shape index (κ3) is 7.99. The van der Waals surface area contributed by atoms with Gasteiger partial charge in [0.05, 0.1) is 49.3 Å². The summed E-state index contributed by atoms with van der Waals surface area (Å²) in [7, 11) is -4.92. The number of rotatable bonds is 12. The number of carbonyl (C=O) groups excluding carboxylic acids is 3. The molecule has 13 nitrogen and oxygen atoms in total. The maximum atomic E-state index is 14.4. The first-order valence-corrected chi connectivity index (χ1v) is 17.7. The second-order valence-corrected chi connectivity index (χ2v) is 14.5. The molecule has 1 heterocycles. The second kappa shape index (κ2) is 14.5. The van der Waals surface area contributed by atoms with E-state index < -0.39 is 56.5 Å². The number of nitrogens with zero attached hydrogens (tertiary/aromatic N) is 2. The molecule has 0 unspecified atom stereocenters. The van der Waals surface area contributed by atoms with Crippen LogP contribution in [0.5, 0.6) is 11.5 Å². The Morgan fingerprint density at radius 3 is 2.19 bits per heavy atom. The van der Waals surface area contributed by atoms with Crippen molar-refractivity contribution < 1.29 is 49.6 Å². The molecule has 4 rings (SSSR count). The molecule has 1 aliphatic rings. The van der Waals surface area contributed by atoms with Crippen LogP contribution in [0.15, 0.2) is 65.6 Å². The van der Waals surface area contributed by atoms with Crippen LogP contribution in [0.1, 0.15) is 22.3 Å². The number of esters is 1. The van der Waals surface area contributed by atoms with Crippen LogP contribution in [-0.2, 0) is 38.7 Å². The maximum absolute atomic E-state index is 14.4. The minimum Gasteiger partial charge on any atom is -0.493 e. The number of sulfonamides is 1. The van der Waals surface area contributed by atoms with Gasteiger partial charge in [0.2, 0.25) is 5.91 Å². The average molecular weight is 730 g/mol. The molecule has 3 aromatic rings. The Labute approximate surface area is 282 Å². The summed E-state index contributed by atoms with van der Waals surface area (Å²) in [5, 5.41) is 0.175. The van der Waals surface area contributed by atoms with Crippen molar-refractivity contribution in [2.45, 2.75) is 23.5 Å². The summed E-state index contributed by atoms with van der Waals surface area (Å²) in [6, 6.07) is 12.4. The number of hydrogen-bond acceptors (Lipinski definition) is 11. The fourth-order valence-corrected chi connectivity index (χ4v) is 7.54. The summed E-state index contributed by atoms with van der Waals surface area (Å²) in [6.45, 7) is -1.32. The zero-order valence-electron chi connectivity index (χ0n) is 25.5. The third-order valence-corrected chi connectivity index (χ3v) is 10.1. The summed E-state index contributed by atoms with van der Waals surface area (Å²) in [5.41, 5.74) is -0.398. The molecule has 2 atom stereocenters. The number of ketones is 1. The predicted molar refractivity (Wildman–Crippen MR) is 172 cm³/mol. The van der Waals surface area contributed by atoms with Gasteiger partial charge in [-0.2, -0.15) is 8.42 Å². The van der Waals surface area contributed by atoms with Crippen molar-refractivity contribution in [1.29, 1.82) is 0 Å². The van der Waals surface area contributed by atoms with Crippen molar-refractivity contribution in [3.63, 3.8) is 0 Å². The summed E-state index contributed by atoms with van der Waals surface area (Å²) < 4.78 is 73.6. The maximum Gasteiger partial charge on any atom is 0.328 e. The zero-order valence-corrected chi connectivity index (χ0v) is 28.7. The molecule has 1 fully saturated rings. The van der Waals surface area contributed by atoms with Gasteiger partial charge in [-0.3, -0.25) is 18.1 Å². The van der Waals surface area contributed by atoms with E-state index in [1.807, 2.05) is 0 Å². The van der Waals surface area contributed by atoms with Crippen molar-refractivity contribution in [3.05, 3.63) is 81.8 Å². The van der Waals surface area contributed by atoms with Crippen LogP contribution in [0.4, 0.5) is 5.69 Å². The van der Waals surface area contributed by atoms with E-state index in [0.717, 1.165) is 18.3 Å². The van der Waals surface area contributed by atoms with Crippen molar-refractivity contribution in [3.8, 4) is 11.5 Å². The van der Waals surface area contributed by atoms with Crippen LogP contribution in [0.3, 0.4) is 0 Å². The van der Waals surface area contributed by atoms with Crippen LogP contribution < -0.4 is 13.8 Å². The minimum absolute atomic E-state index is 0.0403. The lowest BCUT2D eigenvalue weighted by Crippen LogP contribution is -2.47. The average Bonchev–Trinajstić information content (AvgIpc) is 3.45. The van der Waals surface area contributed by atoms with Crippen LogP contribution in [0.2, 0.25) is 10.0 Å². The van der Waals surface area contributed by atoms with Gasteiger partial charge in [-0.15, -0.1) is 0 Å². The number of amides is 1. The van der Waals surface area contributed by atoms with Gasteiger partial charge in [0.15, 0.2) is 17.3 Å². The molecule has 0 N–H and O–H groups in total. The number of hydrogen-bond donors (Lipinski definition) is 0. The fourth-order valence-electron chi connectivity index (χ4n) is 5.07. The Morgan fingerprint density at radius 1 is 0.894 bits per heavy atom. The Morgan fingerprint density at radius 2 is 1.57 bits per heavy atom. The summed E-state index contributed by atoms with van der Waals surface area (Å²) >= 11 is 12.6. The van der Waals surface area contributed by atoms with E-state index in [-0.39, 0.29) is 56.2 Å².